The van der Waals surface area contributed by atoms with E-state index >= 15 is 0 Å². The highest BCUT2D eigenvalue weighted by molar-refractivity contribution is 6.09. The van der Waals surface area contributed by atoms with E-state index in [1.165, 1.54) is 33.3 Å². The van der Waals surface area contributed by atoms with Gasteiger partial charge >= 0.3 is 0 Å². The fourth-order valence-electron chi connectivity index (χ4n) is 3.48. The summed E-state index contributed by atoms with van der Waals surface area (Å²) in [6, 6.07) is 13.1. The van der Waals surface area contributed by atoms with E-state index in [-0.39, 0.29) is 17.2 Å². The van der Waals surface area contributed by atoms with Crippen LogP contribution in [0.2, 0.25) is 0 Å². The SMILES string of the molecule is CCCn1nc(C(=O)Nc2ccc3c4c(cccc24)CC3)ccc1=O. The maximum atomic E-state index is 12.6. The average molecular weight is 333 g/mol. The number of nitrogens with one attached hydrogen (secondary N) is 1. The molecule has 0 saturated carbocycles. The van der Waals surface area contributed by atoms with E-state index in [1.54, 1.807) is 0 Å². The first-order valence-electron chi connectivity index (χ1n) is 8.60. The van der Waals surface area contributed by atoms with Crippen LogP contribution in [0.3, 0.4) is 0 Å². The van der Waals surface area contributed by atoms with Gasteiger partial charge in [0.05, 0.1) is 0 Å². The molecule has 1 amide bonds. The summed E-state index contributed by atoms with van der Waals surface area (Å²) >= 11 is 0. The van der Waals surface area contributed by atoms with Crippen molar-refractivity contribution in [1.82, 2.24) is 9.78 Å². The first-order chi connectivity index (χ1) is 12.2. The van der Waals surface area contributed by atoms with E-state index in [0.717, 1.165) is 30.3 Å². The standard InChI is InChI=1S/C20H19N3O2/c1-2-12-23-18(24)11-10-17(22-23)20(25)21-16-9-8-14-7-6-13-4-3-5-15(16)19(13)14/h3-5,8-11H,2,6-7,12H2,1H3,(H,21,25). The molecule has 1 aromatic heterocycles. The molecule has 1 aliphatic rings. The summed E-state index contributed by atoms with van der Waals surface area (Å²) in [5, 5.41) is 9.45. The number of rotatable bonds is 4. The summed E-state index contributed by atoms with van der Waals surface area (Å²) in [5.41, 5.74) is 3.50. The van der Waals surface area contributed by atoms with Crippen molar-refractivity contribution in [2.45, 2.75) is 32.7 Å². The van der Waals surface area contributed by atoms with Gasteiger partial charge < -0.3 is 5.32 Å². The van der Waals surface area contributed by atoms with Gasteiger partial charge in [0.25, 0.3) is 11.5 Å². The second kappa shape index (κ2) is 6.16. The zero-order valence-corrected chi connectivity index (χ0v) is 14.1. The van der Waals surface area contributed by atoms with Gasteiger partial charge in [-0.05, 0) is 47.9 Å². The largest absolute Gasteiger partial charge is 0.320 e. The molecule has 5 nitrogen and oxygen atoms in total. The van der Waals surface area contributed by atoms with Gasteiger partial charge in [0.1, 0.15) is 5.69 Å². The van der Waals surface area contributed by atoms with Crippen LogP contribution in [0, 0.1) is 0 Å². The lowest BCUT2D eigenvalue weighted by molar-refractivity contribution is 0.102. The number of aromatic nitrogens is 2. The Morgan fingerprint density at radius 1 is 1.12 bits per heavy atom. The highest BCUT2D eigenvalue weighted by Crippen LogP contribution is 2.35. The van der Waals surface area contributed by atoms with Crippen molar-refractivity contribution in [2.75, 3.05) is 5.32 Å². The molecule has 0 fully saturated rings. The van der Waals surface area contributed by atoms with Crippen LogP contribution in [0.1, 0.15) is 35.0 Å². The number of amides is 1. The second-order valence-electron chi connectivity index (χ2n) is 6.35. The minimum Gasteiger partial charge on any atom is -0.320 e. The smallest absolute Gasteiger partial charge is 0.276 e. The van der Waals surface area contributed by atoms with Crippen LogP contribution in [0.25, 0.3) is 10.8 Å². The number of nitrogens with zero attached hydrogens (tertiary/aromatic N) is 2. The quantitative estimate of drug-likeness (QED) is 0.798. The highest BCUT2D eigenvalue weighted by atomic mass is 16.2. The number of carbonyl (C=O) groups is 1. The minimum absolute atomic E-state index is 0.191. The molecule has 5 heteroatoms. The molecule has 3 aromatic rings. The lowest BCUT2D eigenvalue weighted by Crippen LogP contribution is -2.26. The average Bonchev–Trinajstić information content (AvgIpc) is 3.04. The lowest BCUT2D eigenvalue weighted by Gasteiger charge is -2.11. The van der Waals surface area contributed by atoms with Gasteiger partial charge in [0.15, 0.2) is 0 Å². The van der Waals surface area contributed by atoms with Crippen molar-refractivity contribution in [3.63, 3.8) is 0 Å². The monoisotopic (exact) mass is 333 g/mol. The Balaban J connectivity index is 1.69. The third-order valence-electron chi connectivity index (χ3n) is 4.66. The van der Waals surface area contributed by atoms with E-state index in [0.29, 0.717) is 6.54 Å². The Morgan fingerprint density at radius 3 is 2.72 bits per heavy atom. The van der Waals surface area contributed by atoms with Gasteiger partial charge in [-0.25, -0.2) is 4.68 Å². The van der Waals surface area contributed by atoms with E-state index in [9.17, 15) is 9.59 Å². The van der Waals surface area contributed by atoms with E-state index in [4.69, 9.17) is 0 Å². The van der Waals surface area contributed by atoms with E-state index in [1.807, 2.05) is 25.1 Å². The van der Waals surface area contributed by atoms with Gasteiger partial charge in [0, 0.05) is 23.7 Å². The molecule has 2 aromatic carbocycles. The molecule has 0 unspecified atom stereocenters. The third-order valence-corrected chi connectivity index (χ3v) is 4.66. The summed E-state index contributed by atoms with van der Waals surface area (Å²) in [5.74, 6) is -0.302. The maximum Gasteiger partial charge on any atom is 0.276 e. The molecule has 0 spiro atoms. The predicted molar refractivity (Wildman–Crippen MR) is 98.1 cm³/mol. The van der Waals surface area contributed by atoms with Gasteiger partial charge in [-0.1, -0.05) is 31.2 Å². The van der Waals surface area contributed by atoms with Crippen LogP contribution < -0.4 is 10.9 Å². The van der Waals surface area contributed by atoms with Crippen molar-refractivity contribution >= 4 is 22.4 Å². The summed E-state index contributed by atoms with van der Waals surface area (Å²) in [6.07, 6.45) is 2.88. The fourth-order valence-corrected chi connectivity index (χ4v) is 3.48. The molecule has 126 valence electrons. The Bertz CT molecular complexity index is 1030. The molecule has 0 aliphatic heterocycles. The minimum atomic E-state index is -0.302. The fraction of sp³-hybridized carbons (Fsp3) is 0.250. The number of anilines is 1. The maximum absolute atomic E-state index is 12.6. The number of benzene rings is 2. The topological polar surface area (TPSA) is 64.0 Å². The summed E-state index contributed by atoms with van der Waals surface area (Å²) in [6.45, 7) is 2.47. The number of hydrogen-bond acceptors (Lipinski definition) is 3. The summed E-state index contributed by atoms with van der Waals surface area (Å²) in [4.78, 5) is 24.4. The number of aryl methyl sites for hydroxylation is 3. The van der Waals surface area contributed by atoms with Crippen LogP contribution in [0.4, 0.5) is 5.69 Å². The Hall–Kier alpha value is -2.95. The Labute approximate surface area is 145 Å². The molecule has 4 rings (SSSR count). The molecule has 0 atom stereocenters. The first-order valence-corrected chi connectivity index (χ1v) is 8.60. The van der Waals surface area contributed by atoms with Crippen molar-refractivity contribution in [2.24, 2.45) is 0 Å². The zero-order valence-electron chi connectivity index (χ0n) is 14.1. The zero-order chi connectivity index (χ0) is 17.4. The van der Waals surface area contributed by atoms with Gasteiger partial charge in [0.2, 0.25) is 0 Å². The van der Waals surface area contributed by atoms with Crippen LogP contribution in [0.5, 0.6) is 0 Å². The molecule has 0 bridgehead atoms. The van der Waals surface area contributed by atoms with Crippen molar-refractivity contribution in [1.29, 1.82) is 0 Å². The molecule has 0 saturated heterocycles. The van der Waals surface area contributed by atoms with E-state index < -0.39 is 0 Å². The van der Waals surface area contributed by atoms with Gasteiger partial charge in [-0.15, -0.1) is 0 Å². The Kier molecular flexibility index (Phi) is 3.84. The van der Waals surface area contributed by atoms with Crippen LogP contribution in [0.15, 0.2) is 47.3 Å². The van der Waals surface area contributed by atoms with Crippen molar-refractivity contribution in [3.8, 4) is 0 Å². The number of hydrogen-bond donors (Lipinski definition) is 1. The number of carbonyl (C=O) groups excluding carboxylic acids is 1. The van der Waals surface area contributed by atoms with Crippen molar-refractivity contribution in [3.05, 3.63) is 69.6 Å². The van der Waals surface area contributed by atoms with Crippen LogP contribution in [-0.2, 0) is 19.4 Å². The second-order valence-corrected chi connectivity index (χ2v) is 6.35. The summed E-state index contributed by atoms with van der Waals surface area (Å²) in [7, 11) is 0. The lowest BCUT2D eigenvalue weighted by atomic mass is 10.0. The van der Waals surface area contributed by atoms with E-state index in [2.05, 4.69) is 22.5 Å². The molecule has 1 N–H and O–H groups in total. The molecule has 25 heavy (non-hydrogen) atoms. The first kappa shape index (κ1) is 15.6. The van der Waals surface area contributed by atoms with Crippen molar-refractivity contribution < 1.29 is 4.79 Å². The van der Waals surface area contributed by atoms with Crippen LogP contribution in [-0.4, -0.2) is 15.7 Å². The highest BCUT2D eigenvalue weighted by Gasteiger charge is 2.17. The Morgan fingerprint density at radius 2 is 1.92 bits per heavy atom. The van der Waals surface area contributed by atoms with Gasteiger partial charge in [-0.2, -0.15) is 5.10 Å². The molecule has 1 heterocycles. The third kappa shape index (κ3) is 2.71. The predicted octanol–water partition coefficient (Wildman–Crippen LogP) is 3.16. The summed E-state index contributed by atoms with van der Waals surface area (Å²) < 4.78 is 1.34. The molecular weight excluding hydrogens is 314 g/mol. The normalized spacial score (nSPS) is 12.5. The molecule has 0 radical (unpaired) electrons. The molecule has 1 aliphatic carbocycles. The molecular formula is C20H19N3O2. The van der Waals surface area contributed by atoms with Crippen LogP contribution >= 0.6 is 0 Å². The van der Waals surface area contributed by atoms with Gasteiger partial charge in [-0.3, -0.25) is 9.59 Å².